The van der Waals surface area contributed by atoms with Crippen LogP contribution in [-0.2, 0) is 4.79 Å². The minimum absolute atomic E-state index is 0.0565. The van der Waals surface area contributed by atoms with Gasteiger partial charge in [-0.25, -0.2) is 13.8 Å². The van der Waals surface area contributed by atoms with E-state index in [4.69, 9.17) is 0 Å². The Kier molecular flexibility index (Phi) is 6.33. The molecule has 5 nitrogen and oxygen atoms in total. The van der Waals surface area contributed by atoms with E-state index in [2.05, 4.69) is 32.9 Å². The Morgan fingerprint density at radius 1 is 1.06 bits per heavy atom. The molecule has 1 amide bonds. The van der Waals surface area contributed by atoms with Crippen molar-refractivity contribution in [1.82, 2.24) is 9.55 Å². The van der Waals surface area contributed by atoms with E-state index in [0.717, 1.165) is 26.0 Å². The predicted molar refractivity (Wildman–Crippen MR) is 126 cm³/mol. The fraction of sp³-hybridized carbons (Fsp3) is 0.0455. The number of rotatable bonds is 5. The molecule has 0 spiro atoms. The smallest absolute Gasteiger partial charge is 0.266 e. The molecule has 0 radical (unpaired) electrons. The molecule has 0 bridgehead atoms. The lowest BCUT2D eigenvalue weighted by Crippen LogP contribution is -2.23. The first-order valence-corrected chi connectivity index (χ1v) is 11.1. The number of hydrogen-bond acceptors (Lipinski definition) is 4. The van der Waals surface area contributed by atoms with E-state index in [0.29, 0.717) is 22.7 Å². The summed E-state index contributed by atoms with van der Waals surface area (Å²) in [6, 6.07) is 16.9. The lowest BCUT2D eigenvalue weighted by atomic mass is 10.2. The molecule has 0 saturated heterocycles. The van der Waals surface area contributed by atoms with Crippen molar-refractivity contribution in [2.75, 3.05) is 11.1 Å². The predicted octanol–water partition coefficient (Wildman–Crippen LogP) is 5.00. The Hall–Kier alpha value is -2.79. The van der Waals surface area contributed by atoms with Crippen LogP contribution in [-0.4, -0.2) is 21.2 Å². The third-order valence-corrected chi connectivity index (χ3v) is 5.95. The largest absolute Gasteiger partial charge is 0.325 e. The molecular formula is C22H14F2IN3O2S. The molecule has 0 aliphatic heterocycles. The van der Waals surface area contributed by atoms with E-state index in [-0.39, 0.29) is 22.5 Å². The molecule has 0 fully saturated rings. The van der Waals surface area contributed by atoms with Crippen LogP contribution < -0.4 is 10.9 Å². The van der Waals surface area contributed by atoms with E-state index in [1.54, 1.807) is 30.3 Å². The number of thioether (sulfide) groups is 1. The molecule has 0 unspecified atom stereocenters. The number of halogens is 3. The van der Waals surface area contributed by atoms with Crippen LogP contribution in [0.2, 0.25) is 0 Å². The van der Waals surface area contributed by atoms with Crippen molar-refractivity contribution in [3.8, 4) is 5.69 Å². The van der Waals surface area contributed by atoms with Crippen LogP contribution in [0.15, 0.2) is 76.7 Å². The van der Waals surface area contributed by atoms with Crippen molar-refractivity contribution < 1.29 is 13.6 Å². The summed E-state index contributed by atoms with van der Waals surface area (Å²) in [5, 5.41) is 3.20. The molecule has 156 valence electrons. The third-order valence-electron chi connectivity index (χ3n) is 4.34. The van der Waals surface area contributed by atoms with Gasteiger partial charge in [0.05, 0.1) is 22.3 Å². The van der Waals surface area contributed by atoms with Crippen molar-refractivity contribution >= 4 is 56.9 Å². The molecule has 9 heteroatoms. The Labute approximate surface area is 193 Å². The standard InChI is InChI=1S/C22H14F2IN3O2S/c23-13-8-9-19(17(24)10-13)28-21(30)16-6-1-2-7-18(16)27-22(28)31-12-20(29)26-15-5-3-4-14(25)11-15/h1-11H,12H2,(H,26,29). The molecule has 1 aromatic heterocycles. The highest BCUT2D eigenvalue weighted by molar-refractivity contribution is 14.1. The second-order valence-electron chi connectivity index (χ2n) is 6.50. The maximum absolute atomic E-state index is 14.5. The molecule has 4 aromatic rings. The average Bonchev–Trinajstić information content (AvgIpc) is 2.73. The van der Waals surface area contributed by atoms with Crippen LogP contribution in [0.25, 0.3) is 16.6 Å². The van der Waals surface area contributed by atoms with E-state index in [1.807, 2.05) is 18.2 Å². The Morgan fingerprint density at radius 3 is 2.65 bits per heavy atom. The summed E-state index contributed by atoms with van der Waals surface area (Å²) in [5.41, 5.74) is 0.430. The monoisotopic (exact) mass is 549 g/mol. The maximum atomic E-state index is 14.5. The first-order valence-electron chi connectivity index (χ1n) is 9.08. The molecule has 4 rings (SSSR count). The summed E-state index contributed by atoms with van der Waals surface area (Å²) in [7, 11) is 0. The van der Waals surface area contributed by atoms with Crippen LogP contribution in [0.3, 0.4) is 0 Å². The molecule has 1 N–H and O–H groups in total. The van der Waals surface area contributed by atoms with Gasteiger partial charge in [0.25, 0.3) is 5.56 Å². The Bertz CT molecular complexity index is 1360. The zero-order chi connectivity index (χ0) is 22.0. The van der Waals surface area contributed by atoms with Gasteiger partial charge in [-0.15, -0.1) is 0 Å². The molecule has 31 heavy (non-hydrogen) atoms. The minimum atomic E-state index is -0.899. The molecule has 0 saturated carbocycles. The van der Waals surface area contributed by atoms with Gasteiger partial charge in [-0.3, -0.25) is 14.2 Å². The first kappa shape index (κ1) is 21.4. The number of amides is 1. The van der Waals surface area contributed by atoms with E-state index in [9.17, 15) is 18.4 Å². The lowest BCUT2D eigenvalue weighted by Gasteiger charge is -2.14. The van der Waals surface area contributed by atoms with Crippen molar-refractivity contribution in [1.29, 1.82) is 0 Å². The quantitative estimate of drug-likeness (QED) is 0.216. The van der Waals surface area contributed by atoms with Gasteiger partial charge in [0, 0.05) is 15.3 Å². The summed E-state index contributed by atoms with van der Waals surface area (Å²) < 4.78 is 30.0. The topological polar surface area (TPSA) is 64.0 Å². The molecular weight excluding hydrogens is 535 g/mol. The summed E-state index contributed by atoms with van der Waals surface area (Å²) in [5.74, 6) is -2.02. The van der Waals surface area contributed by atoms with E-state index >= 15 is 0 Å². The number of anilines is 1. The zero-order valence-corrected chi connectivity index (χ0v) is 18.8. The van der Waals surface area contributed by atoms with Gasteiger partial charge in [0.15, 0.2) is 5.16 Å². The van der Waals surface area contributed by atoms with Gasteiger partial charge in [-0.05, 0) is 65.1 Å². The normalized spacial score (nSPS) is 10.9. The van der Waals surface area contributed by atoms with Gasteiger partial charge in [0.2, 0.25) is 5.91 Å². The molecule has 3 aromatic carbocycles. The second-order valence-corrected chi connectivity index (χ2v) is 8.68. The van der Waals surface area contributed by atoms with E-state index in [1.165, 1.54) is 6.07 Å². The molecule has 0 aliphatic carbocycles. The number of aromatic nitrogens is 2. The van der Waals surface area contributed by atoms with Gasteiger partial charge < -0.3 is 5.32 Å². The Morgan fingerprint density at radius 2 is 1.87 bits per heavy atom. The van der Waals surface area contributed by atoms with Crippen molar-refractivity contribution in [3.63, 3.8) is 0 Å². The van der Waals surface area contributed by atoms with Gasteiger partial charge in [0.1, 0.15) is 11.6 Å². The van der Waals surface area contributed by atoms with Crippen molar-refractivity contribution in [2.45, 2.75) is 5.16 Å². The number of carbonyl (C=O) groups is 1. The summed E-state index contributed by atoms with van der Waals surface area (Å²) in [6.45, 7) is 0. The van der Waals surface area contributed by atoms with Crippen LogP contribution in [0.1, 0.15) is 0 Å². The zero-order valence-electron chi connectivity index (χ0n) is 15.8. The first-order chi connectivity index (χ1) is 14.9. The molecule has 1 heterocycles. The number of fused-ring (bicyclic) bond motifs is 1. The number of nitrogens with one attached hydrogen (secondary N) is 1. The average molecular weight is 549 g/mol. The molecule has 0 aliphatic rings. The van der Waals surface area contributed by atoms with Crippen molar-refractivity contribution in [2.24, 2.45) is 0 Å². The summed E-state index contributed by atoms with van der Waals surface area (Å²) in [6.07, 6.45) is 0. The summed E-state index contributed by atoms with van der Waals surface area (Å²) >= 11 is 3.14. The Balaban J connectivity index is 1.70. The van der Waals surface area contributed by atoms with Crippen LogP contribution in [0, 0.1) is 15.2 Å². The highest BCUT2D eigenvalue weighted by Gasteiger charge is 2.17. The van der Waals surface area contributed by atoms with Gasteiger partial charge in [-0.2, -0.15) is 0 Å². The number of para-hydroxylation sites is 1. The number of nitrogens with zero attached hydrogens (tertiary/aromatic N) is 2. The number of carbonyl (C=O) groups excluding carboxylic acids is 1. The lowest BCUT2D eigenvalue weighted by molar-refractivity contribution is -0.113. The minimum Gasteiger partial charge on any atom is -0.325 e. The maximum Gasteiger partial charge on any atom is 0.266 e. The highest BCUT2D eigenvalue weighted by Crippen LogP contribution is 2.24. The SMILES string of the molecule is O=C(CSc1nc2ccccc2c(=O)n1-c1ccc(F)cc1F)Nc1cccc(I)c1. The van der Waals surface area contributed by atoms with Crippen LogP contribution in [0.5, 0.6) is 0 Å². The highest BCUT2D eigenvalue weighted by atomic mass is 127. The fourth-order valence-electron chi connectivity index (χ4n) is 2.98. The fourth-order valence-corrected chi connectivity index (χ4v) is 4.33. The third kappa shape index (κ3) is 4.77. The van der Waals surface area contributed by atoms with Crippen molar-refractivity contribution in [3.05, 3.63) is 92.3 Å². The number of benzene rings is 3. The second kappa shape index (κ2) is 9.15. The van der Waals surface area contributed by atoms with Crippen LogP contribution in [0.4, 0.5) is 14.5 Å². The van der Waals surface area contributed by atoms with Gasteiger partial charge in [-0.1, -0.05) is 30.0 Å². The number of hydrogen-bond donors (Lipinski definition) is 1. The van der Waals surface area contributed by atoms with E-state index < -0.39 is 17.2 Å². The molecule has 0 atom stereocenters. The van der Waals surface area contributed by atoms with Gasteiger partial charge >= 0.3 is 0 Å². The van der Waals surface area contributed by atoms with Crippen LogP contribution >= 0.6 is 34.4 Å². The summed E-state index contributed by atoms with van der Waals surface area (Å²) in [4.78, 5) is 30.0.